The lowest BCUT2D eigenvalue weighted by Crippen LogP contribution is -2.52. The normalized spacial score (nSPS) is 20.9. The number of nitrogens with one attached hydrogen (secondary N) is 1. The maximum atomic E-state index is 12.4. The van der Waals surface area contributed by atoms with Crippen molar-refractivity contribution in [2.24, 2.45) is 0 Å². The van der Waals surface area contributed by atoms with Gasteiger partial charge in [0.25, 0.3) is 0 Å². The number of nitrogens with zero attached hydrogens (tertiary/aromatic N) is 1. The van der Waals surface area contributed by atoms with Gasteiger partial charge in [-0.3, -0.25) is 0 Å². The van der Waals surface area contributed by atoms with E-state index in [1.165, 1.54) is 0 Å². The van der Waals surface area contributed by atoms with Crippen molar-refractivity contribution in [3.63, 3.8) is 0 Å². The summed E-state index contributed by atoms with van der Waals surface area (Å²) in [4.78, 5) is 14.2. The maximum absolute atomic E-state index is 12.4. The molecule has 2 fully saturated rings. The van der Waals surface area contributed by atoms with Crippen LogP contribution >= 0.6 is 15.9 Å². The Morgan fingerprint density at radius 1 is 1.27 bits per heavy atom. The Hall–Kier alpha value is -1.11. The summed E-state index contributed by atoms with van der Waals surface area (Å²) in [6.07, 6.45) is 2.42. The highest BCUT2D eigenvalue weighted by molar-refractivity contribution is 9.10. The molecule has 0 bridgehead atoms. The number of rotatable bonds is 1. The number of likely N-dealkylation sites (tertiary alicyclic amines) is 1. The standard InChI is InChI=1S/C16H21BrN2O3/c1-12-11-13(17)3-4-14(12)18-15(20)19-7-5-16(6-8-19)21-9-2-10-22-16/h3-4,11H,2,5-10H2,1H3,(H,18,20). The number of benzene rings is 1. The monoisotopic (exact) mass is 368 g/mol. The van der Waals surface area contributed by atoms with Crippen LogP contribution in [-0.2, 0) is 9.47 Å². The summed E-state index contributed by atoms with van der Waals surface area (Å²) >= 11 is 3.43. The Balaban J connectivity index is 1.57. The zero-order valence-electron chi connectivity index (χ0n) is 12.7. The average Bonchev–Trinajstić information content (AvgIpc) is 2.51. The minimum atomic E-state index is -0.456. The van der Waals surface area contributed by atoms with Gasteiger partial charge in [-0.2, -0.15) is 0 Å². The summed E-state index contributed by atoms with van der Waals surface area (Å²) < 4.78 is 12.6. The van der Waals surface area contributed by atoms with E-state index >= 15 is 0 Å². The van der Waals surface area contributed by atoms with Crippen LogP contribution in [0.25, 0.3) is 0 Å². The topological polar surface area (TPSA) is 50.8 Å². The zero-order valence-corrected chi connectivity index (χ0v) is 14.3. The van der Waals surface area contributed by atoms with Crippen LogP contribution in [0.5, 0.6) is 0 Å². The van der Waals surface area contributed by atoms with Crippen LogP contribution in [0, 0.1) is 6.92 Å². The van der Waals surface area contributed by atoms with Crippen molar-refractivity contribution < 1.29 is 14.3 Å². The molecule has 1 aromatic carbocycles. The summed E-state index contributed by atoms with van der Waals surface area (Å²) in [5.74, 6) is -0.456. The molecule has 1 spiro atoms. The predicted molar refractivity (Wildman–Crippen MR) is 88.0 cm³/mol. The number of aryl methyl sites for hydroxylation is 1. The second-order valence-corrected chi connectivity index (χ2v) is 6.75. The number of ether oxygens (including phenoxy) is 2. The summed E-state index contributed by atoms with van der Waals surface area (Å²) in [7, 11) is 0. The van der Waals surface area contributed by atoms with Gasteiger partial charge in [0.2, 0.25) is 0 Å². The fourth-order valence-corrected chi connectivity index (χ4v) is 3.39. The van der Waals surface area contributed by atoms with Gasteiger partial charge in [0.1, 0.15) is 0 Å². The van der Waals surface area contributed by atoms with Gasteiger partial charge in [-0.25, -0.2) is 4.79 Å². The number of carbonyl (C=O) groups excluding carboxylic acids is 1. The Kier molecular flexibility index (Phi) is 4.70. The third kappa shape index (κ3) is 3.45. The van der Waals surface area contributed by atoms with Crippen LogP contribution in [0.15, 0.2) is 22.7 Å². The van der Waals surface area contributed by atoms with E-state index in [2.05, 4.69) is 21.2 Å². The summed E-state index contributed by atoms with van der Waals surface area (Å²) in [5, 5.41) is 2.98. The predicted octanol–water partition coefficient (Wildman–Crippen LogP) is 3.52. The van der Waals surface area contributed by atoms with E-state index in [0.717, 1.165) is 48.2 Å². The summed E-state index contributed by atoms with van der Waals surface area (Å²) in [6.45, 7) is 4.80. The molecule has 0 saturated carbocycles. The van der Waals surface area contributed by atoms with Crippen molar-refractivity contribution in [3.05, 3.63) is 28.2 Å². The van der Waals surface area contributed by atoms with Crippen LogP contribution < -0.4 is 5.32 Å². The Bertz CT molecular complexity index is 548. The highest BCUT2D eigenvalue weighted by atomic mass is 79.9. The molecule has 0 aromatic heterocycles. The van der Waals surface area contributed by atoms with E-state index in [4.69, 9.17) is 9.47 Å². The lowest BCUT2D eigenvalue weighted by molar-refractivity contribution is -0.281. The molecule has 5 nitrogen and oxygen atoms in total. The fraction of sp³-hybridized carbons (Fsp3) is 0.562. The molecule has 6 heteroatoms. The number of carbonyl (C=O) groups is 1. The van der Waals surface area contributed by atoms with Crippen LogP contribution in [0.3, 0.4) is 0 Å². The third-order valence-electron chi connectivity index (χ3n) is 4.26. The quantitative estimate of drug-likeness (QED) is 0.824. The average molecular weight is 369 g/mol. The largest absolute Gasteiger partial charge is 0.350 e. The van der Waals surface area contributed by atoms with Crippen molar-refractivity contribution in [2.75, 3.05) is 31.6 Å². The third-order valence-corrected chi connectivity index (χ3v) is 4.75. The van der Waals surface area contributed by atoms with Gasteiger partial charge >= 0.3 is 6.03 Å². The number of urea groups is 1. The molecule has 0 unspecified atom stereocenters. The number of amides is 2. The Morgan fingerprint density at radius 3 is 2.59 bits per heavy atom. The minimum absolute atomic E-state index is 0.0592. The van der Waals surface area contributed by atoms with Crippen LogP contribution in [0.2, 0.25) is 0 Å². The van der Waals surface area contributed by atoms with Crippen LogP contribution in [0.4, 0.5) is 10.5 Å². The van der Waals surface area contributed by atoms with Crippen molar-refractivity contribution in [2.45, 2.75) is 32.0 Å². The van der Waals surface area contributed by atoms with Crippen LogP contribution in [0.1, 0.15) is 24.8 Å². The number of anilines is 1. The molecule has 3 rings (SSSR count). The van der Waals surface area contributed by atoms with Crippen molar-refractivity contribution >= 4 is 27.6 Å². The maximum Gasteiger partial charge on any atom is 0.321 e. The first-order valence-electron chi connectivity index (χ1n) is 7.68. The molecule has 2 aliphatic rings. The molecule has 2 amide bonds. The van der Waals surface area contributed by atoms with Crippen molar-refractivity contribution in [3.8, 4) is 0 Å². The molecule has 0 radical (unpaired) electrons. The second kappa shape index (κ2) is 6.56. The highest BCUT2D eigenvalue weighted by Gasteiger charge is 2.39. The summed E-state index contributed by atoms with van der Waals surface area (Å²) in [5.41, 5.74) is 1.88. The molecule has 22 heavy (non-hydrogen) atoms. The second-order valence-electron chi connectivity index (χ2n) is 5.84. The smallest absolute Gasteiger partial charge is 0.321 e. The lowest BCUT2D eigenvalue weighted by atomic mass is 10.0. The molecule has 1 N–H and O–H groups in total. The van der Waals surface area contributed by atoms with E-state index in [0.29, 0.717) is 13.1 Å². The zero-order chi connectivity index (χ0) is 15.6. The molecular formula is C16H21BrN2O3. The number of piperidine rings is 1. The first kappa shape index (κ1) is 15.8. The molecule has 120 valence electrons. The molecule has 2 heterocycles. The first-order valence-corrected chi connectivity index (χ1v) is 8.47. The molecule has 0 aliphatic carbocycles. The molecule has 0 atom stereocenters. The minimum Gasteiger partial charge on any atom is -0.350 e. The van der Waals surface area contributed by atoms with Gasteiger partial charge in [-0.15, -0.1) is 0 Å². The molecular weight excluding hydrogens is 348 g/mol. The molecule has 2 aliphatic heterocycles. The number of halogens is 1. The van der Waals surface area contributed by atoms with E-state index < -0.39 is 5.79 Å². The van der Waals surface area contributed by atoms with Gasteiger partial charge in [0, 0.05) is 36.1 Å². The lowest BCUT2D eigenvalue weighted by Gasteiger charge is -2.43. The SMILES string of the molecule is Cc1cc(Br)ccc1NC(=O)N1CCC2(CC1)OCCCO2. The van der Waals surface area contributed by atoms with Gasteiger partial charge < -0.3 is 19.7 Å². The Labute approximate surface area is 139 Å². The fourth-order valence-electron chi connectivity index (χ4n) is 2.92. The van der Waals surface area contributed by atoms with Gasteiger partial charge in [0.15, 0.2) is 5.79 Å². The highest BCUT2D eigenvalue weighted by Crippen LogP contribution is 2.31. The Morgan fingerprint density at radius 2 is 1.95 bits per heavy atom. The van der Waals surface area contributed by atoms with Crippen LogP contribution in [-0.4, -0.2) is 43.0 Å². The van der Waals surface area contributed by atoms with Crippen molar-refractivity contribution in [1.82, 2.24) is 4.90 Å². The van der Waals surface area contributed by atoms with E-state index in [9.17, 15) is 4.79 Å². The van der Waals surface area contributed by atoms with E-state index in [1.54, 1.807) is 0 Å². The van der Waals surface area contributed by atoms with Gasteiger partial charge in [-0.05, 0) is 37.1 Å². The molecule has 1 aromatic rings. The molecule has 2 saturated heterocycles. The van der Waals surface area contributed by atoms with E-state index in [-0.39, 0.29) is 6.03 Å². The summed E-state index contributed by atoms with van der Waals surface area (Å²) in [6, 6.07) is 5.77. The van der Waals surface area contributed by atoms with Gasteiger partial charge in [0.05, 0.1) is 13.2 Å². The van der Waals surface area contributed by atoms with Crippen molar-refractivity contribution in [1.29, 1.82) is 0 Å². The number of hydrogen-bond donors (Lipinski definition) is 1. The first-order chi connectivity index (χ1) is 10.6. The number of hydrogen-bond acceptors (Lipinski definition) is 3. The van der Waals surface area contributed by atoms with E-state index in [1.807, 2.05) is 30.0 Å². The van der Waals surface area contributed by atoms with Gasteiger partial charge in [-0.1, -0.05) is 15.9 Å².